The van der Waals surface area contributed by atoms with Crippen LogP contribution < -0.4 is 0 Å². The number of hydrogen-bond acceptors (Lipinski definition) is 5. The maximum absolute atomic E-state index is 14.1. The number of benzene rings is 1. The van der Waals surface area contributed by atoms with Crippen molar-refractivity contribution < 1.29 is 21.2 Å². The smallest absolute Gasteiger partial charge is 0.228 e. The van der Waals surface area contributed by atoms with E-state index in [-0.39, 0.29) is 35.0 Å². The highest BCUT2D eigenvalue weighted by Crippen LogP contribution is 2.33. The Morgan fingerprint density at radius 3 is 2.52 bits per heavy atom. The Kier molecular flexibility index (Phi) is 5.02. The predicted molar refractivity (Wildman–Crippen MR) is 95.4 cm³/mol. The van der Waals surface area contributed by atoms with Gasteiger partial charge in [-0.1, -0.05) is 18.2 Å². The summed E-state index contributed by atoms with van der Waals surface area (Å²) in [6, 6.07) is 9.00. The molecule has 1 unspecified atom stereocenters. The first-order valence-electron chi connectivity index (χ1n) is 7.74. The molecule has 1 saturated heterocycles. The summed E-state index contributed by atoms with van der Waals surface area (Å²) in [6.07, 6.45) is 0.0346. The van der Waals surface area contributed by atoms with E-state index in [4.69, 9.17) is 0 Å². The first-order chi connectivity index (χ1) is 11.7. The van der Waals surface area contributed by atoms with Gasteiger partial charge in [0.2, 0.25) is 0 Å². The first kappa shape index (κ1) is 18.5. The van der Waals surface area contributed by atoms with Crippen LogP contribution in [0.4, 0.5) is 4.39 Å². The maximum atomic E-state index is 14.1. The van der Waals surface area contributed by atoms with E-state index in [1.807, 2.05) is 6.92 Å². The van der Waals surface area contributed by atoms with E-state index in [1.165, 1.54) is 28.6 Å². The zero-order chi connectivity index (χ0) is 18.2. The lowest BCUT2D eigenvalue weighted by atomic mass is 10.1. The minimum absolute atomic E-state index is 0.0346. The molecule has 1 aromatic carbocycles. The molecule has 0 saturated carbocycles. The van der Waals surface area contributed by atoms with Crippen LogP contribution in [0.1, 0.15) is 22.1 Å². The average Bonchev–Trinajstić information content (AvgIpc) is 2.91. The molecule has 9 heteroatoms. The van der Waals surface area contributed by atoms with Gasteiger partial charge in [-0.25, -0.2) is 21.2 Å². The number of hydrogen-bond donors (Lipinski definition) is 0. The molecule has 0 bridgehead atoms. The van der Waals surface area contributed by atoms with Crippen molar-refractivity contribution in [1.82, 2.24) is 4.31 Å². The highest BCUT2D eigenvalue weighted by atomic mass is 32.2. The molecule has 1 atom stereocenters. The molecule has 0 spiro atoms. The van der Waals surface area contributed by atoms with Crippen LogP contribution in [0, 0.1) is 12.7 Å². The average molecular weight is 404 g/mol. The Morgan fingerprint density at radius 2 is 1.88 bits per heavy atom. The van der Waals surface area contributed by atoms with Crippen LogP contribution in [0.25, 0.3) is 0 Å². The van der Waals surface area contributed by atoms with E-state index in [2.05, 4.69) is 0 Å². The number of nitrogens with zero attached hydrogens (tertiary/aromatic N) is 1. The molecule has 3 rings (SSSR count). The molecule has 0 radical (unpaired) electrons. The summed E-state index contributed by atoms with van der Waals surface area (Å²) in [7, 11) is -7.39. The molecule has 0 amide bonds. The fourth-order valence-corrected chi connectivity index (χ4v) is 7.74. The molecule has 1 aromatic heterocycles. The van der Waals surface area contributed by atoms with E-state index >= 15 is 0 Å². The van der Waals surface area contributed by atoms with Crippen molar-refractivity contribution in [1.29, 1.82) is 0 Å². The molecule has 1 aliphatic heterocycles. The molecular formula is C16H18FNO4S3. The van der Waals surface area contributed by atoms with Gasteiger partial charge in [-0.15, -0.1) is 11.3 Å². The Hall–Kier alpha value is -1.29. The van der Waals surface area contributed by atoms with Gasteiger partial charge in [-0.3, -0.25) is 0 Å². The van der Waals surface area contributed by atoms with Crippen LogP contribution in [0.15, 0.2) is 40.6 Å². The second kappa shape index (κ2) is 6.79. The third kappa shape index (κ3) is 3.64. The second-order valence-corrected chi connectivity index (χ2v) is 11.7. The van der Waals surface area contributed by atoms with Crippen molar-refractivity contribution in [2.45, 2.75) is 22.8 Å². The zero-order valence-corrected chi connectivity index (χ0v) is 16.0. The molecule has 1 aliphatic rings. The highest BCUT2D eigenvalue weighted by molar-refractivity contribution is 7.92. The number of sulfonamides is 1. The minimum Gasteiger partial charge on any atom is -0.228 e. The number of thiophene rings is 1. The monoisotopic (exact) mass is 403 g/mol. The minimum atomic E-state index is -3.74. The summed E-state index contributed by atoms with van der Waals surface area (Å²) in [5, 5.41) is -1.03. The van der Waals surface area contributed by atoms with Crippen LogP contribution in [0.5, 0.6) is 0 Å². The highest BCUT2D eigenvalue weighted by Gasteiger charge is 2.37. The van der Waals surface area contributed by atoms with Gasteiger partial charge in [0, 0.05) is 23.5 Å². The van der Waals surface area contributed by atoms with Crippen LogP contribution in [0.3, 0.4) is 0 Å². The van der Waals surface area contributed by atoms with Crippen molar-refractivity contribution in [3.05, 3.63) is 52.7 Å². The Balaban J connectivity index is 1.92. The second-order valence-electron chi connectivity index (χ2n) is 5.93. The summed E-state index contributed by atoms with van der Waals surface area (Å²) in [4.78, 5) is 0.866. The fourth-order valence-electron chi connectivity index (χ4n) is 2.93. The molecule has 2 aromatic rings. The van der Waals surface area contributed by atoms with Crippen molar-refractivity contribution in [3.8, 4) is 0 Å². The van der Waals surface area contributed by atoms with E-state index in [1.54, 1.807) is 12.1 Å². The number of aryl methyl sites for hydroxylation is 1. The lowest BCUT2D eigenvalue weighted by molar-refractivity contribution is 0.428. The standard InChI is InChI=1S/C16H18FNO4S3/c1-12-6-7-16(23-12)25(21,22)18-9-8-15(24(19,20)11-10-18)13-4-2-3-5-14(13)17/h2-7,15H,8-11H2,1H3. The van der Waals surface area contributed by atoms with Crippen LogP contribution in [-0.2, 0) is 19.9 Å². The van der Waals surface area contributed by atoms with Gasteiger partial charge in [0.1, 0.15) is 10.0 Å². The Morgan fingerprint density at radius 1 is 1.16 bits per heavy atom. The maximum Gasteiger partial charge on any atom is 0.252 e. The summed E-state index contributed by atoms with van der Waals surface area (Å²) in [5.41, 5.74) is 0.105. The lowest BCUT2D eigenvalue weighted by Crippen LogP contribution is -2.33. The third-order valence-corrected chi connectivity index (χ3v) is 9.74. The normalized spacial score (nSPS) is 21.8. The van der Waals surface area contributed by atoms with Crippen molar-refractivity contribution in [3.63, 3.8) is 0 Å². The molecular weight excluding hydrogens is 385 g/mol. The van der Waals surface area contributed by atoms with Gasteiger partial charge < -0.3 is 0 Å². The number of sulfone groups is 1. The Labute approximate surface area is 151 Å². The molecule has 5 nitrogen and oxygen atoms in total. The van der Waals surface area contributed by atoms with E-state index < -0.39 is 30.9 Å². The topological polar surface area (TPSA) is 71.5 Å². The lowest BCUT2D eigenvalue weighted by Gasteiger charge is -2.18. The Bertz CT molecular complexity index is 982. The summed E-state index contributed by atoms with van der Waals surface area (Å²) in [5.74, 6) is -0.906. The summed E-state index contributed by atoms with van der Waals surface area (Å²) in [6.45, 7) is 1.73. The fraction of sp³-hybridized carbons (Fsp3) is 0.375. The SMILES string of the molecule is Cc1ccc(S(=O)(=O)N2CCC(c3ccccc3F)S(=O)(=O)CC2)s1. The number of rotatable bonds is 3. The van der Waals surface area contributed by atoms with Crippen LogP contribution >= 0.6 is 11.3 Å². The summed E-state index contributed by atoms with van der Waals surface area (Å²) >= 11 is 1.16. The predicted octanol–water partition coefficient (Wildman–Crippen LogP) is 2.75. The van der Waals surface area contributed by atoms with Gasteiger partial charge in [-0.05, 0) is 31.5 Å². The van der Waals surface area contributed by atoms with Gasteiger partial charge in [-0.2, -0.15) is 4.31 Å². The molecule has 2 heterocycles. The van der Waals surface area contributed by atoms with Crippen molar-refractivity contribution >= 4 is 31.2 Å². The zero-order valence-electron chi connectivity index (χ0n) is 13.6. The number of halogens is 1. The molecule has 0 aliphatic carbocycles. The third-order valence-electron chi connectivity index (χ3n) is 4.26. The van der Waals surface area contributed by atoms with Crippen LogP contribution in [-0.4, -0.2) is 40.0 Å². The first-order valence-corrected chi connectivity index (χ1v) is 11.7. The largest absolute Gasteiger partial charge is 0.252 e. The molecule has 136 valence electrons. The van der Waals surface area contributed by atoms with Crippen molar-refractivity contribution in [2.24, 2.45) is 0 Å². The van der Waals surface area contributed by atoms with Gasteiger partial charge >= 0.3 is 0 Å². The van der Waals surface area contributed by atoms with E-state index in [0.29, 0.717) is 0 Å². The van der Waals surface area contributed by atoms with Crippen LogP contribution in [0.2, 0.25) is 0 Å². The quantitative estimate of drug-likeness (QED) is 0.790. The van der Waals surface area contributed by atoms with Gasteiger partial charge in [0.25, 0.3) is 10.0 Å². The van der Waals surface area contributed by atoms with Crippen molar-refractivity contribution in [2.75, 3.05) is 18.8 Å². The molecule has 1 fully saturated rings. The summed E-state index contributed by atoms with van der Waals surface area (Å²) < 4.78 is 66.1. The molecule has 0 N–H and O–H groups in total. The van der Waals surface area contributed by atoms with E-state index in [9.17, 15) is 21.2 Å². The van der Waals surface area contributed by atoms with E-state index in [0.717, 1.165) is 16.2 Å². The molecule has 25 heavy (non-hydrogen) atoms. The van der Waals surface area contributed by atoms with Gasteiger partial charge in [0.15, 0.2) is 9.84 Å². The van der Waals surface area contributed by atoms with Gasteiger partial charge in [0.05, 0.1) is 11.0 Å².